The first-order valence-corrected chi connectivity index (χ1v) is 4.59. The van der Waals surface area contributed by atoms with Crippen LogP contribution in [-0.2, 0) is 9.73 Å². The molecule has 15 heavy (non-hydrogen) atoms. The summed E-state index contributed by atoms with van der Waals surface area (Å²) in [5.41, 5.74) is 2.46. The molecule has 1 N–H and O–H groups in total. The molecular formula is C11H11NO3. The van der Waals surface area contributed by atoms with Crippen LogP contribution in [0, 0.1) is 0 Å². The molecule has 0 fully saturated rings. The molecule has 2 rings (SSSR count). The summed E-state index contributed by atoms with van der Waals surface area (Å²) in [5, 5.41) is 12.3. The number of hydrogen-bond donors (Lipinski definition) is 1. The van der Waals surface area contributed by atoms with E-state index >= 15 is 0 Å². The first-order valence-electron chi connectivity index (χ1n) is 4.59. The lowest BCUT2D eigenvalue weighted by Crippen LogP contribution is -2.20. The number of hydrogen-bond acceptors (Lipinski definition) is 4. The van der Waals surface area contributed by atoms with Crippen molar-refractivity contribution in [2.24, 2.45) is 5.16 Å². The Morgan fingerprint density at radius 2 is 2.07 bits per heavy atom. The fraction of sp³-hybridized carbons (Fsp3) is 0.182. The molecule has 1 aliphatic rings. The summed E-state index contributed by atoms with van der Waals surface area (Å²) < 4.78 is 0. The first kappa shape index (κ1) is 9.89. The fourth-order valence-electron chi connectivity index (χ4n) is 1.35. The van der Waals surface area contributed by atoms with E-state index < -0.39 is 6.29 Å². The first-order chi connectivity index (χ1) is 7.31. The van der Waals surface area contributed by atoms with Crippen LogP contribution in [0.25, 0.3) is 0 Å². The Bertz CT molecular complexity index is 398. The van der Waals surface area contributed by atoms with Crippen LogP contribution in [0.15, 0.2) is 47.1 Å². The minimum Gasteiger partial charge on any atom is -0.356 e. The van der Waals surface area contributed by atoms with Gasteiger partial charge in [-0.3, -0.25) is 0 Å². The third-order valence-corrected chi connectivity index (χ3v) is 2.15. The molecule has 1 aromatic carbocycles. The van der Waals surface area contributed by atoms with Gasteiger partial charge in [0, 0.05) is 11.1 Å². The molecule has 0 radical (unpaired) electrons. The lowest BCUT2D eigenvalue weighted by molar-refractivity contribution is -0.333. The van der Waals surface area contributed by atoms with Crippen LogP contribution in [0.5, 0.6) is 0 Å². The van der Waals surface area contributed by atoms with E-state index in [4.69, 9.17) is 10.1 Å². The van der Waals surface area contributed by atoms with E-state index in [1.54, 1.807) is 6.92 Å². The van der Waals surface area contributed by atoms with Crippen molar-refractivity contribution < 1.29 is 15.0 Å². The average molecular weight is 205 g/mol. The highest BCUT2D eigenvalue weighted by molar-refractivity contribution is 6.09. The molecule has 1 heterocycles. The number of allylic oxidation sites excluding steroid dienone is 1. The van der Waals surface area contributed by atoms with Gasteiger partial charge >= 0.3 is 0 Å². The van der Waals surface area contributed by atoms with Crippen LogP contribution in [0.1, 0.15) is 12.5 Å². The van der Waals surface area contributed by atoms with Crippen molar-refractivity contribution in [1.82, 2.24) is 0 Å². The van der Waals surface area contributed by atoms with Gasteiger partial charge in [-0.15, -0.1) is 0 Å². The van der Waals surface area contributed by atoms with Gasteiger partial charge in [0.15, 0.2) is 0 Å². The van der Waals surface area contributed by atoms with Crippen molar-refractivity contribution in [2.45, 2.75) is 13.2 Å². The second-order valence-electron chi connectivity index (χ2n) is 3.27. The monoisotopic (exact) mass is 205 g/mol. The van der Waals surface area contributed by atoms with E-state index in [9.17, 15) is 0 Å². The molecule has 0 aromatic heterocycles. The molecule has 4 nitrogen and oxygen atoms in total. The quantitative estimate of drug-likeness (QED) is 0.594. The summed E-state index contributed by atoms with van der Waals surface area (Å²) >= 11 is 0. The van der Waals surface area contributed by atoms with Gasteiger partial charge in [0.05, 0.1) is 0 Å². The zero-order valence-electron chi connectivity index (χ0n) is 8.25. The van der Waals surface area contributed by atoms with E-state index in [1.165, 1.54) is 0 Å². The summed E-state index contributed by atoms with van der Waals surface area (Å²) in [6.45, 7) is 1.80. The van der Waals surface area contributed by atoms with Crippen molar-refractivity contribution in [2.75, 3.05) is 0 Å². The lowest BCUT2D eigenvalue weighted by atomic mass is 10.1. The van der Waals surface area contributed by atoms with Gasteiger partial charge in [-0.2, -0.15) is 4.89 Å². The topological polar surface area (TPSA) is 51.0 Å². The number of rotatable bonds is 2. The molecule has 1 aliphatic heterocycles. The third-order valence-electron chi connectivity index (χ3n) is 2.15. The minimum absolute atomic E-state index is 0.724. The van der Waals surface area contributed by atoms with Gasteiger partial charge in [0.25, 0.3) is 6.29 Å². The molecule has 0 spiro atoms. The minimum atomic E-state index is -0.794. The SMILES string of the molecule is CC1=CC(c2ccccc2)=NOC1OO. The Labute approximate surface area is 87.4 Å². The van der Waals surface area contributed by atoms with Gasteiger partial charge in [0.1, 0.15) is 5.71 Å². The van der Waals surface area contributed by atoms with Crippen LogP contribution >= 0.6 is 0 Å². The Kier molecular flexibility index (Phi) is 2.80. The molecule has 1 atom stereocenters. The van der Waals surface area contributed by atoms with E-state index in [-0.39, 0.29) is 0 Å². The Morgan fingerprint density at radius 3 is 2.67 bits per heavy atom. The van der Waals surface area contributed by atoms with E-state index in [0.717, 1.165) is 16.8 Å². The maximum absolute atomic E-state index is 8.48. The number of oxime groups is 1. The molecule has 1 unspecified atom stereocenters. The van der Waals surface area contributed by atoms with Crippen molar-refractivity contribution in [3.8, 4) is 0 Å². The predicted octanol–water partition coefficient (Wildman–Crippen LogP) is 2.18. The van der Waals surface area contributed by atoms with Gasteiger partial charge < -0.3 is 4.84 Å². The smallest absolute Gasteiger partial charge is 0.278 e. The average Bonchev–Trinajstić information content (AvgIpc) is 2.30. The van der Waals surface area contributed by atoms with E-state index in [1.807, 2.05) is 36.4 Å². The molecule has 0 saturated carbocycles. The molecule has 0 amide bonds. The Hall–Kier alpha value is -1.65. The van der Waals surface area contributed by atoms with Crippen molar-refractivity contribution in [3.05, 3.63) is 47.5 Å². The summed E-state index contributed by atoms with van der Waals surface area (Å²) in [4.78, 5) is 9.04. The number of nitrogens with zero attached hydrogens (tertiary/aromatic N) is 1. The summed E-state index contributed by atoms with van der Waals surface area (Å²) in [5.74, 6) is 0. The Morgan fingerprint density at radius 1 is 1.33 bits per heavy atom. The zero-order valence-corrected chi connectivity index (χ0v) is 8.25. The van der Waals surface area contributed by atoms with Crippen molar-refractivity contribution in [3.63, 3.8) is 0 Å². The molecule has 4 heteroatoms. The molecule has 0 saturated heterocycles. The zero-order chi connectivity index (χ0) is 10.7. The standard InChI is InChI=1S/C11H11NO3/c1-8-7-10(12-14-11(8)15-13)9-5-3-2-4-6-9/h2-7,11,13H,1H3. The van der Waals surface area contributed by atoms with Crippen LogP contribution in [0.4, 0.5) is 0 Å². The van der Waals surface area contributed by atoms with Gasteiger partial charge in [-0.05, 0) is 13.0 Å². The van der Waals surface area contributed by atoms with E-state index in [2.05, 4.69) is 10.0 Å². The third kappa shape index (κ3) is 2.06. The molecule has 78 valence electrons. The van der Waals surface area contributed by atoms with Crippen molar-refractivity contribution in [1.29, 1.82) is 0 Å². The Balaban J connectivity index is 2.25. The van der Waals surface area contributed by atoms with Crippen molar-refractivity contribution >= 4 is 5.71 Å². The normalized spacial score (nSPS) is 20.3. The molecule has 0 aliphatic carbocycles. The maximum atomic E-state index is 8.48. The second kappa shape index (κ2) is 4.25. The molecular weight excluding hydrogens is 194 g/mol. The maximum Gasteiger partial charge on any atom is 0.278 e. The molecule has 1 aromatic rings. The molecule has 0 bridgehead atoms. The second-order valence-corrected chi connectivity index (χ2v) is 3.27. The lowest BCUT2D eigenvalue weighted by Gasteiger charge is -2.17. The highest BCUT2D eigenvalue weighted by Crippen LogP contribution is 2.16. The predicted molar refractivity (Wildman–Crippen MR) is 55.3 cm³/mol. The van der Waals surface area contributed by atoms with Crippen LogP contribution in [0.3, 0.4) is 0 Å². The highest BCUT2D eigenvalue weighted by Gasteiger charge is 2.18. The fourth-order valence-corrected chi connectivity index (χ4v) is 1.35. The van der Waals surface area contributed by atoms with Gasteiger partial charge in [0.2, 0.25) is 0 Å². The van der Waals surface area contributed by atoms with Crippen LogP contribution in [-0.4, -0.2) is 17.3 Å². The van der Waals surface area contributed by atoms with Crippen LogP contribution < -0.4 is 0 Å². The number of benzene rings is 1. The largest absolute Gasteiger partial charge is 0.356 e. The van der Waals surface area contributed by atoms with Gasteiger partial charge in [-0.25, -0.2) is 5.26 Å². The summed E-state index contributed by atoms with van der Waals surface area (Å²) in [6, 6.07) is 9.66. The van der Waals surface area contributed by atoms with E-state index in [0.29, 0.717) is 0 Å². The highest BCUT2D eigenvalue weighted by atomic mass is 17.1. The summed E-state index contributed by atoms with van der Waals surface area (Å²) in [7, 11) is 0. The summed E-state index contributed by atoms with van der Waals surface area (Å²) in [6.07, 6.45) is 1.03. The van der Waals surface area contributed by atoms with Gasteiger partial charge in [-0.1, -0.05) is 35.5 Å². The van der Waals surface area contributed by atoms with Crippen LogP contribution in [0.2, 0.25) is 0 Å².